The quantitative estimate of drug-likeness (QED) is 0.494. The van der Waals surface area contributed by atoms with Crippen molar-refractivity contribution in [1.29, 1.82) is 0 Å². The third-order valence-corrected chi connectivity index (χ3v) is 5.01. The number of nitrogens with two attached hydrogens (primary N) is 1. The van der Waals surface area contributed by atoms with E-state index in [-0.39, 0.29) is 48.2 Å². The first-order valence-corrected chi connectivity index (χ1v) is 9.53. The zero-order valence-electron chi connectivity index (χ0n) is 16.7. The van der Waals surface area contributed by atoms with Gasteiger partial charge in [0, 0.05) is 37.6 Å². The van der Waals surface area contributed by atoms with E-state index >= 15 is 0 Å². The van der Waals surface area contributed by atoms with E-state index in [4.69, 9.17) is 5.73 Å². The number of nitrogens with one attached hydrogen (secondary N) is 1. The summed E-state index contributed by atoms with van der Waals surface area (Å²) >= 11 is 0. The van der Waals surface area contributed by atoms with E-state index in [0.29, 0.717) is 47.3 Å². The molecular weight excluding hydrogens is 407 g/mol. The summed E-state index contributed by atoms with van der Waals surface area (Å²) < 4.78 is 13.8. The molecule has 0 spiro atoms. The largest absolute Gasteiger partial charge is 0.388 e. The number of carbonyl (C=O) groups is 3. The molecule has 0 bridgehead atoms. The molecule has 1 aliphatic carbocycles. The molecule has 0 fully saturated rings. The van der Waals surface area contributed by atoms with Crippen LogP contribution in [0.25, 0.3) is 6.08 Å². The van der Waals surface area contributed by atoms with Gasteiger partial charge in [0.05, 0.1) is 5.57 Å². The molecule has 0 amide bonds. The maximum atomic E-state index is 13.8. The van der Waals surface area contributed by atoms with Crippen molar-refractivity contribution >= 4 is 41.5 Å². The lowest BCUT2D eigenvalue weighted by atomic mass is 9.86. The van der Waals surface area contributed by atoms with Gasteiger partial charge in [-0.2, -0.15) is 0 Å². The summed E-state index contributed by atoms with van der Waals surface area (Å²) in [5.41, 5.74) is 8.56. The zero-order chi connectivity index (χ0) is 21.0. The first kappa shape index (κ1) is 23.4. The second-order valence-electron chi connectivity index (χ2n) is 7.04. The van der Waals surface area contributed by atoms with Crippen LogP contribution in [-0.4, -0.2) is 30.9 Å². The molecule has 0 unspecified atom stereocenters. The molecule has 2 aromatic carbocycles. The smallest absolute Gasteiger partial charge is 0.170 e. The fourth-order valence-electron chi connectivity index (χ4n) is 3.43. The van der Waals surface area contributed by atoms with Crippen molar-refractivity contribution in [2.24, 2.45) is 5.73 Å². The highest BCUT2D eigenvalue weighted by Crippen LogP contribution is 2.30. The lowest BCUT2D eigenvalue weighted by molar-refractivity contribution is -0.120. The van der Waals surface area contributed by atoms with Crippen LogP contribution in [0.5, 0.6) is 0 Å². The van der Waals surface area contributed by atoms with Crippen LogP contribution in [-0.2, 0) is 22.4 Å². The van der Waals surface area contributed by atoms with Gasteiger partial charge in [-0.15, -0.1) is 12.4 Å². The highest BCUT2D eigenvalue weighted by Gasteiger charge is 2.26. The van der Waals surface area contributed by atoms with Gasteiger partial charge >= 0.3 is 0 Å². The van der Waals surface area contributed by atoms with Crippen molar-refractivity contribution in [3.63, 3.8) is 0 Å². The topological polar surface area (TPSA) is 89.3 Å². The molecule has 0 radical (unpaired) electrons. The van der Waals surface area contributed by atoms with Crippen molar-refractivity contribution in [3.8, 4) is 0 Å². The number of hydrogen-bond donors (Lipinski definition) is 2. The van der Waals surface area contributed by atoms with Crippen molar-refractivity contribution in [3.05, 3.63) is 70.0 Å². The average molecular weight is 431 g/mol. The molecule has 7 heteroatoms. The van der Waals surface area contributed by atoms with Gasteiger partial charge in [0.15, 0.2) is 17.3 Å². The number of anilines is 1. The number of benzene rings is 2. The first-order valence-electron chi connectivity index (χ1n) is 9.53. The molecule has 0 aromatic heterocycles. The molecule has 3 rings (SSSR count). The summed E-state index contributed by atoms with van der Waals surface area (Å²) in [4.78, 5) is 37.2. The standard InChI is InChI=1S/C23H23FN2O3.ClH/c1-26-20-12-17(24)10-16-11-19(23(29)13-18(16)20)22(28)9-14-4-6-15(7-5-14)21(27)3-2-8-25;/h4-7,10-12,26H,2-3,8-9,13,25H2,1H3;1H. The Labute approximate surface area is 181 Å². The number of rotatable bonds is 8. The van der Waals surface area contributed by atoms with E-state index in [0.717, 1.165) is 0 Å². The Morgan fingerprint density at radius 3 is 2.47 bits per heavy atom. The Hall–Kier alpha value is -2.83. The number of fused-ring (bicyclic) bond motifs is 1. The minimum Gasteiger partial charge on any atom is -0.388 e. The number of halogens is 2. The van der Waals surface area contributed by atoms with Crippen LogP contribution in [0.15, 0.2) is 42.0 Å². The minimum absolute atomic E-state index is 0. The summed E-state index contributed by atoms with van der Waals surface area (Å²) in [6.45, 7) is 0.463. The number of ketones is 3. The molecule has 0 atom stereocenters. The molecular formula is C23H24ClFN2O3. The Morgan fingerprint density at radius 2 is 1.83 bits per heavy atom. The number of Topliss-reactive ketones (excluding diaryl/α,β-unsaturated/α-hetero) is 3. The van der Waals surface area contributed by atoms with E-state index in [1.54, 1.807) is 31.3 Å². The Balaban J connectivity index is 0.00000320. The molecule has 5 nitrogen and oxygen atoms in total. The van der Waals surface area contributed by atoms with Gasteiger partial charge < -0.3 is 11.1 Å². The van der Waals surface area contributed by atoms with Crippen LogP contribution in [0.3, 0.4) is 0 Å². The molecule has 2 aromatic rings. The second-order valence-corrected chi connectivity index (χ2v) is 7.04. The van der Waals surface area contributed by atoms with Crippen molar-refractivity contribution < 1.29 is 18.8 Å². The first-order chi connectivity index (χ1) is 13.9. The monoisotopic (exact) mass is 430 g/mol. The van der Waals surface area contributed by atoms with Gasteiger partial charge in [0.1, 0.15) is 5.82 Å². The van der Waals surface area contributed by atoms with Crippen LogP contribution in [0.2, 0.25) is 0 Å². The maximum Gasteiger partial charge on any atom is 0.170 e. The van der Waals surface area contributed by atoms with Gasteiger partial charge in [-0.25, -0.2) is 4.39 Å². The Morgan fingerprint density at radius 1 is 1.13 bits per heavy atom. The van der Waals surface area contributed by atoms with Crippen LogP contribution in [0, 0.1) is 5.82 Å². The van der Waals surface area contributed by atoms with E-state index in [1.807, 2.05) is 0 Å². The molecule has 0 heterocycles. The normalized spacial score (nSPS) is 12.5. The van der Waals surface area contributed by atoms with Crippen molar-refractivity contribution in [2.45, 2.75) is 25.7 Å². The van der Waals surface area contributed by atoms with Crippen molar-refractivity contribution in [2.75, 3.05) is 18.9 Å². The molecule has 0 saturated heterocycles. The fraction of sp³-hybridized carbons (Fsp3) is 0.261. The summed E-state index contributed by atoms with van der Waals surface area (Å²) in [7, 11) is 1.66. The van der Waals surface area contributed by atoms with Crippen LogP contribution >= 0.6 is 12.4 Å². The van der Waals surface area contributed by atoms with Gasteiger partial charge in [0.25, 0.3) is 0 Å². The Bertz CT molecular complexity index is 1000. The predicted molar refractivity (Wildman–Crippen MR) is 118 cm³/mol. The van der Waals surface area contributed by atoms with Crippen LogP contribution in [0.1, 0.15) is 39.9 Å². The molecule has 30 heavy (non-hydrogen) atoms. The zero-order valence-corrected chi connectivity index (χ0v) is 17.5. The van der Waals surface area contributed by atoms with E-state index in [2.05, 4.69) is 5.32 Å². The summed E-state index contributed by atoms with van der Waals surface area (Å²) in [6.07, 6.45) is 2.59. The van der Waals surface area contributed by atoms with E-state index < -0.39 is 5.82 Å². The van der Waals surface area contributed by atoms with Gasteiger partial charge in [0.2, 0.25) is 0 Å². The fourth-order valence-corrected chi connectivity index (χ4v) is 3.43. The number of carbonyl (C=O) groups excluding carboxylic acids is 3. The summed E-state index contributed by atoms with van der Waals surface area (Å²) in [6, 6.07) is 9.47. The molecule has 1 aliphatic rings. The average Bonchev–Trinajstić information content (AvgIpc) is 2.71. The molecule has 0 saturated carbocycles. The van der Waals surface area contributed by atoms with E-state index in [1.165, 1.54) is 18.2 Å². The highest BCUT2D eigenvalue weighted by molar-refractivity contribution is 6.25. The minimum atomic E-state index is -0.430. The summed E-state index contributed by atoms with van der Waals surface area (Å²) in [5.74, 6) is -1.02. The van der Waals surface area contributed by atoms with Gasteiger partial charge in [-0.05, 0) is 47.9 Å². The van der Waals surface area contributed by atoms with Gasteiger partial charge in [-0.1, -0.05) is 24.3 Å². The number of allylic oxidation sites excluding steroid dienone is 1. The SMILES string of the molecule is CNc1cc(F)cc2c1CC(=O)C(C(=O)Cc1ccc(C(=O)CCCN)cc1)=C2.Cl. The van der Waals surface area contributed by atoms with Crippen molar-refractivity contribution in [1.82, 2.24) is 0 Å². The van der Waals surface area contributed by atoms with Crippen LogP contribution < -0.4 is 11.1 Å². The highest BCUT2D eigenvalue weighted by atomic mass is 35.5. The van der Waals surface area contributed by atoms with Gasteiger partial charge in [-0.3, -0.25) is 14.4 Å². The third kappa shape index (κ3) is 5.20. The van der Waals surface area contributed by atoms with Crippen LogP contribution in [0.4, 0.5) is 10.1 Å². The Kier molecular flexibility index (Phi) is 8.03. The maximum absolute atomic E-state index is 13.8. The second kappa shape index (κ2) is 10.3. The lowest BCUT2D eigenvalue weighted by Crippen LogP contribution is -2.21. The third-order valence-electron chi connectivity index (χ3n) is 5.01. The summed E-state index contributed by atoms with van der Waals surface area (Å²) in [5, 5.41) is 2.89. The lowest BCUT2D eigenvalue weighted by Gasteiger charge is -2.18. The molecule has 158 valence electrons. The molecule has 3 N–H and O–H groups in total. The van der Waals surface area contributed by atoms with E-state index in [9.17, 15) is 18.8 Å². The number of hydrogen-bond acceptors (Lipinski definition) is 5. The predicted octanol–water partition coefficient (Wildman–Crippen LogP) is 3.53. The molecule has 0 aliphatic heterocycles.